The molecular weight excluding hydrogens is 256 g/mol. The predicted octanol–water partition coefficient (Wildman–Crippen LogP) is 1.78. The summed E-state index contributed by atoms with van der Waals surface area (Å²) in [7, 11) is 3.17. The molecule has 1 saturated heterocycles. The average molecular weight is 280 g/mol. The number of methoxy groups -OCH3 is 2. The molecule has 1 unspecified atom stereocenters. The molecule has 0 amide bonds. The topological polar surface area (TPSA) is 59.5 Å². The number of aromatic nitrogens is 2. The first-order valence-electron chi connectivity index (χ1n) is 7.17. The Balaban J connectivity index is 1.93. The smallest absolute Gasteiger partial charge is 0.229 e. The summed E-state index contributed by atoms with van der Waals surface area (Å²) in [6.07, 6.45) is 3.96. The number of piperidine rings is 1. The minimum Gasteiger partial charge on any atom is -0.481 e. The Morgan fingerprint density at radius 2 is 1.75 bits per heavy atom. The van der Waals surface area contributed by atoms with Gasteiger partial charge in [0.1, 0.15) is 0 Å². The van der Waals surface area contributed by atoms with E-state index in [1.807, 2.05) is 0 Å². The van der Waals surface area contributed by atoms with E-state index >= 15 is 0 Å². The highest BCUT2D eigenvalue weighted by Crippen LogP contribution is 2.18. The van der Waals surface area contributed by atoms with Crippen molar-refractivity contribution in [3.8, 4) is 11.8 Å². The highest BCUT2D eigenvalue weighted by molar-refractivity contribution is 5.34. The van der Waals surface area contributed by atoms with Crippen LogP contribution in [-0.4, -0.2) is 54.8 Å². The largest absolute Gasteiger partial charge is 0.481 e. The van der Waals surface area contributed by atoms with Crippen LogP contribution in [-0.2, 0) is 0 Å². The summed E-state index contributed by atoms with van der Waals surface area (Å²) in [6, 6.07) is 1.95. The molecule has 1 atom stereocenters. The molecule has 1 aliphatic heterocycles. The van der Waals surface area contributed by atoms with Gasteiger partial charge in [-0.1, -0.05) is 6.42 Å². The van der Waals surface area contributed by atoms with Gasteiger partial charge in [0.25, 0.3) is 0 Å². The SMILES string of the molecule is COc1cc(OC)nc(NC(C)CN2CCCCC2)n1. The standard InChI is InChI=1S/C14H24N4O2/c1-11(10-18-7-5-4-6-8-18)15-14-16-12(19-2)9-13(17-14)20-3/h9,11H,4-8,10H2,1-3H3,(H,15,16,17). The number of hydrogen-bond donors (Lipinski definition) is 1. The van der Waals surface area contributed by atoms with Gasteiger partial charge < -0.3 is 19.7 Å². The number of nitrogens with zero attached hydrogens (tertiary/aromatic N) is 3. The van der Waals surface area contributed by atoms with Crippen LogP contribution in [0.2, 0.25) is 0 Å². The summed E-state index contributed by atoms with van der Waals surface area (Å²) in [5.74, 6) is 1.56. The van der Waals surface area contributed by atoms with Gasteiger partial charge in [-0.05, 0) is 32.9 Å². The lowest BCUT2D eigenvalue weighted by molar-refractivity contribution is 0.223. The first kappa shape index (κ1) is 14.8. The van der Waals surface area contributed by atoms with Crippen molar-refractivity contribution in [3.05, 3.63) is 6.07 Å². The van der Waals surface area contributed by atoms with E-state index in [0.29, 0.717) is 17.7 Å². The van der Waals surface area contributed by atoms with Gasteiger partial charge in [0.05, 0.1) is 20.3 Å². The molecular formula is C14H24N4O2. The van der Waals surface area contributed by atoms with Gasteiger partial charge in [0.15, 0.2) is 0 Å². The van der Waals surface area contributed by atoms with Crippen LogP contribution >= 0.6 is 0 Å². The summed E-state index contributed by atoms with van der Waals surface area (Å²) >= 11 is 0. The first-order valence-corrected chi connectivity index (χ1v) is 7.17. The van der Waals surface area contributed by atoms with Gasteiger partial charge >= 0.3 is 0 Å². The van der Waals surface area contributed by atoms with Gasteiger partial charge in [-0.15, -0.1) is 0 Å². The zero-order chi connectivity index (χ0) is 14.4. The van der Waals surface area contributed by atoms with Crippen LogP contribution < -0.4 is 14.8 Å². The Morgan fingerprint density at radius 1 is 1.15 bits per heavy atom. The van der Waals surface area contributed by atoms with E-state index in [9.17, 15) is 0 Å². The zero-order valence-electron chi connectivity index (χ0n) is 12.6. The predicted molar refractivity (Wildman–Crippen MR) is 78.5 cm³/mol. The zero-order valence-corrected chi connectivity index (χ0v) is 12.6. The monoisotopic (exact) mass is 280 g/mol. The third kappa shape index (κ3) is 4.23. The van der Waals surface area contributed by atoms with Gasteiger partial charge in [-0.25, -0.2) is 0 Å². The van der Waals surface area contributed by atoms with Crippen LogP contribution in [0.1, 0.15) is 26.2 Å². The first-order chi connectivity index (χ1) is 9.71. The van der Waals surface area contributed by atoms with E-state index in [1.165, 1.54) is 32.4 Å². The van der Waals surface area contributed by atoms with Crippen molar-refractivity contribution in [1.29, 1.82) is 0 Å². The molecule has 6 heteroatoms. The molecule has 20 heavy (non-hydrogen) atoms. The van der Waals surface area contributed by atoms with E-state index < -0.39 is 0 Å². The lowest BCUT2D eigenvalue weighted by Crippen LogP contribution is -2.38. The van der Waals surface area contributed by atoms with Crippen molar-refractivity contribution < 1.29 is 9.47 Å². The molecule has 0 radical (unpaired) electrons. The van der Waals surface area contributed by atoms with Crippen molar-refractivity contribution in [1.82, 2.24) is 14.9 Å². The molecule has 1 aliphatic rings. The fourth-order valence-corrected chi connectivity index (χ4v) is 2.47. The van der Waals surface area contributed by atoms with E-state index in [0.717, 1.165) is 6.54 Å². The second kappa shape index (κ2) is 7.28. The van der Waals surface area contributed by atoms with Gasteiger partial charge in [0.2, 0.25) is 17.7 Å². The van der Waals surface area contributed by atoms with E-state index in [-0.39, 0.29) is 6.04 Å². The van der Waals surface area contributed by atoms with Gasteiger partial charge in [-0.2, -0.15) is 9.97 Å². The Morgan fingerprint density at radius 3 is 2.30 bits per heavy atom. The molecule has 112 valence electrons. The molecule has 2 rings (SSSR count). The lowest BCUT2D eigenvalue weighted by Gasteiger charge is -2.29. The highest BCUT2D eigenvalue weighted by atomic mass is 16.5. The number of anilines is 1. The molecule has 0 bridgehead atoms. The number of likely N-dealkylation sites (tertiary alicyclic amines) is 1. The van der Waals surface area contributed by atoms with Crippen molar-refractivity contribution >= 4 is 5.95 Å². The van der Waals surface area contributed by atoms with Crippen LogP contribution in [0.4, 0.5) is 5.95 Å². The molecule has 6 nitrogen and oxygen atoms in total. The quantitative estimate of drug-likeness (QED) is 0.857. The molecule has 0 spiro atoms. The second-order valence-corrected chi connectivity index (χ2v) is 5.18. The summed E-state index contributed by atoms with van der Waals surface area (Å²) in [5, 5.41) is 3.31. The molecule has 1 N–H and O–H groups in total. The van der Waals surface area contributed by atoms with Gasteiger partial charge in [0, 0.05) is 12.6 Å². The van der Waals surface area contributed by atoms with E-state index in [4.69, 9.17) is 9.47 Å². The maximum atomic E-state index is 5.15. The molecule has 1 aromatic heterocycles. The number of hydrogen-bond acceptors (Lipinski definition) is 6. The van der Waals surface area contributed by atoms with Crippen molar-refractivity contribution in [2.75, 3.05) is 39.2 Å². The van der Waals surface area contributed by atoms with Crippen LogP contribution in [0, 0.1) is 0 Å². The Bertz CT molecular complexity index is 399. The fraction of sp³-hybridized carbons (Fsp3) is 0.714. The number of rotatable bonds is 6. The van der Waals surface area contributed by atoms with Gasteiger partial charge in [-0.3, -0.25) is 0 Å². The van der Waals surface area contributed by atoms with Crippen LogP contribution in [0.5, 0.6) is 11.8 Å². The Hall–Kier alpha value is -1.56. The second-order valence-electron chi connectivity index (χ2n) is 5.18. The van der Waals surface area contributed by atoms with Crippen LogP contribution in [0.25, 0.3) is 0 Å². The normalized spacial score (nSPS) is 17.6. The molecule has 2 heterocycles. The Labute approximate surface area is 120 Å². The molecule has 0 aromatic carbocycles. The third-order valence-corrected chi connectivity index (χ3v) is 3.45. The average Bonchev–Trinajstić information content (AvgIpc) is 2.47. The van der Waals surface area contributed by atoms with Crippen molar-refractivity contribution in [2.45, 2.75) is 32.2 Å². The molecule has 1 aromatic rings. The summed E-state index contributed by atoms with van der Waals surface area (Å²) in [5.41, 5.74) is 0. The van der Waals surface area contributed by atoms with E-state index in [2.05, 4.69) is 27.1 Å². The highest BCUT2D eigenvalue weighted by Gasteiger charge is 2.14. The van der Waals surface area contributed by atoms with Crippen molar-refractivity contribution in [3.63, 3.8) is 0 Å². The molecule has 0 aliphatic carbocycles. The number of nitrogens with one attached hydrogen (secondary N) is 1. The summed E-state index contributed by atoms with van der Waals surface area (Å²) in [4.78, 5) is 11.1. The summed E-state index contributed by atoms with van der Waals surface area (Å²) < 4.78 is 10.3. The maximum absolute atomic E-state index is 5.15. The molecule has 1 fully saturated rings. The maximum Gasteiger partial charge on any atom is 0.229 e. The van der Waals surface area contributed by atoms with Crippen LogP contribution in [0.15, 0.2) is 6.07 Å². The minimum atomic E-state index is 0.282. The fourth-order valence-electron chi connectivity index (χ4n) is 2.47. The Kier molecular flexibility index (Phi) is 5.40. The minimum absolute atomic E-state index is 0.282. The lowest BCUT2D eigenvalue weighted by atomic mass is 10.1. The van der Waals surface area contributed by atoms with E-state index in [1.54, 1.807) is 20.3 Å². The number of ether oxygens (including phenoxy) is 2. The molecule has 0 saturated carbocycles. The third-order valence-electron chi connectivity index (χ3n) is 3.45. The van der Waals surface area contributed by atoms with Crippen molar-refractivity contribution in [2.24, 2.45) is 0 Å². The summed E-state index contributed by atoms with van der Waals surface area (Å²) in [6.45, 7) is 5.52. The van der Waals surface area contributed by atoms with Crippen LogP contribution in [0.3, 0.4) is 0 Å².